The Labute approximate surface area is 208 Å². The maximum absolute atomic E-state index is 12.9. The van der Waals surface area contributed by atoms with Crippen LogP contribution in [0.5, 0.6) is 0 Å². The Bertz CT molecular complexity index is 1080. The summed E-state index contributed by atoms with van der Waals surface area (Å²) < 4.78 is 12.7. The lowest BCUT2D eigenvalue weighted by Gasteiger charge is -2.45. The van der Waals surface area contributed by atoms with Gasteiger partial charge in [-0.25, -0.2) is 4.79 Å². The Morgan fingerprint density at radius 3 is 1.91 bits per heavy atom. The molecule has 3 aromatic rings. The summed E-state index contributed by atoms with van der Waals surface area (Å²) in [6.45, 7) is 7.20. The van der Waals surface area contributed by atoms with Gasteiger partial charge in [0.15, 0.2) is 0 Å². The average Bonchev–Trinajstić information content (AvgIpc) is 3.29. The van der Waals surface area contributed by atoms with Gasteiger partial charge in [-0.1, -0.05) is 112 Å². The predicted molar refractivity (Wildman–Crippen MR) is 140 cm³/mol. The Morgan fingerprint density at radius 1 is 0.914 bits per heavy atom. The molecule has 2 atom stereocenters. The van der Waals surface area contributed by atoms with Gasteiger partial charge in [-0.15, -0.1) is 0 Å². The molecule has 1 aliphatic rings. The molecule has 0 aliphatic carbocycles. The van der Waals surface area contributed by atoms with E-state index in [1.165, 1.54) is 4.90 Å². The van der Waals surface area contributed by atoms with Crippen molar-refractivity contribution in [3.8, 4) is 0 Å². The highest BCUT2D eigenvalue weighted by molar-refractivity contribution is 6.99. The summed E-state index contributed by atoms with van der Waals surface area (Å²) in [5.74, 6) is 0. The molecular weight excluding hydrogens is 454 g/mol. The molecule has 1 heterocycles. The smallest absolute Gasteiger partial charge is 0.410 e. The van der Waals surface area contributed by atoms with Gasteiger partial charge in [0.25, 0.3) is 8.32 Å². The molecule has 0 unspecified atom stereocenters. The standard InChI is InChI=1S/C29H33NO4Si/c1-29(2,3)35(24-15-9-5-10-16-24,25-17-11-6-12-18-25)34-27-19-20-30(26(27)21-31)28(32)33-22-23-13-7-4-8-14-23/h4-18,21,26-27H,19-20,22H2,1-3H3/t26-,27-/m0/s1. The maximum Gasteiger partial charge on any atom is 0.410 e. The van der Waals surface area contributed by atoms with Crippen LogP contribution in [-0.2, 0) is 20.6 Å². The Balaban J connectivity index is 1.63. The molecule has 0 aromatic heterocycles. The van der Waals surface area contributed by atoms with Crippen LogP contribution in [0.3, 0.4) is 0 Å². The van der Waals surface area contributed by atoms with E-state index in [1.807, 2.05) is 66.7 Å². The first kappa shape index (κ1) is 24.9. The summed E-state index contributed by atoms with van der Waals surface area (Å²) >= 11 is 0. The van der Waals surface area contributed by atoms with E-state index in [4.69, 9.17) is 9.16 Å². The zero-order valence-corrected chi connectivity index (χ0v) is 21.6. The van der Waals surface area contributed by atoms with E-state index in [1.54, 1.807) is 0 Å². The molecular formula is C29H33NO4Si. The number of benzene rings is 3. The van der Waals surface area contributed by atoms with Gasteiger partial charge in [0.1, 0.15) is 18.9 Å². The SMILES string of the molecule is CC(C)(C)[Si](O[C@H]1CCN(C(=O)OCc2ccccc2)[C@H]1C=O)(c1ccccc1)c1ccccc1. The van der Waals surface area contributed by atoms with Crippen LogP contribution in [0, 0.1) is 0 Å². The fourth-order valence-corrected chi connectivity index (χ4v) is 9.74. The van der Waals surface area contributed by atoms with Crippen LogP contribution in [-0.4, -0.2) is 44.3 Å². The Kier molecular flexibility index (Phi) is 7.53. The van der Waals surface area contributed by atoms with Crippen molar-refractivity contribution in [1.29, 1.82) is 0 Å². The van der Waals surface area contributed by atoms with Crippen LogP contribution in [0.25, 0.3) is 0 Å². The highest BCUT2D eigenvalue weighted by Crippen LogP contribution is 2.39. The summed E-state index contributed by atoms with van der Waals surface area (Å²) in [6.07, 6.45) is 0.510. The average molecular weight is 488 g/mol. The number of hydrogen-bond acceptors (Lipinski definition) is 4. The van der Waals surface area contributed by atoms with Crippen LogP contribution < -0.4 is 10.4 Å². The van der Waals surface area contributed by atoms with Crippen molar-refractivity contribution >= 4 is 31.1 Å². The zero-order valence-electron chi connectivity index (χ0n) is 20.6. The molecule has 182 valence electrons. The lowest BCUT2D eigenvalue weighted by molar-refractivity contribution is -0.113. The van der Waals surface area contributed by atoms with Gasteiger partial charge in [-0.2, -0.15) is 0 Å². The number of carbonyl (C=O) groups is 2. The summed E-state index contributed by atoms with van der Waals surface area (Å²) in [5, 5.41) is 2.08. The largest absolute Gasteiger partial charge is 0.445 e. The Hall–Kier alpha value is -3.22. The summed E-state index contributed by atoms with van der Waals surface area (Å²) in [4.78, 5) is 26.8. The highest BCUT2D eigenvalue weighted by Gasteiger charge is 2.53. The molecule has 0 spiro atoms. The van der Waals surface area contributed by atoms with E-state index < -0.39 is 26.6 Å². The number of rotatable bonds is 7. The van der Waals surface area contributed by atoms with Gasteiger partial charge in [0, 0.05) is 6.54 Å². The van der Waals surface area contributed by atoms with E-state index in [2.05, 4.69) is 45.0 Å². The summed E-state index contributed by atoms with van der Waals surface area (Å²) in [5.41, 5.74) is 0.905. The van der Waals surface area contributed by atoms with Gasteiger partial charge in [0.05, 0.1) is 6.10 Å². The second-order valence-electron chi connectivity index (χ2n) is 9.97. The number of carbonyl (C=O) groups excluding carboxylic acids is 2. The molecule has 0 bridgehead atoms. The van der Waals surface area contributed by atoms with Gasteiger partial charge >= 0.3 is 6.09 Å². The summed E-state index contributed by atoms with van der Waals surface area (Å²) in [6, 6.07) is 29.5. The minimum atomic E-state index is -2.85. The van der Waals surface area contributed by atoms with Crippen LogP contribution in [0.15, 0.2) is 91.0 Å². The van der Waals surface area contributed by atoms with E-state index in [9.17, 15) is 9.59 Å². The van der Waals surface area contributed by atoms with E-state index in [0.717, 1.165) is 22.2 Å². The third-order valence-corrected chi connectivity index (χ3v) is 11.8. The second kappa shape index (κ2) is 10.6. The van der Waals surface area contributed by atoms with Crippen molar-refractivity contribution in [3.63, 3.8) is 0 Å². The number of likely N-dealkylation sites (tertiary alicyclic amines) is 1. The third kappa shape index (κ3) is 5.09. The van der Waals surface area contributed by atoms with Crippen molar-refractivity contribution < 1.29 is 18.8 Å². The monoisotopic (exact) mass is 487 g/mol. The summed E-state index contributed by atoms with van der Waals surface area (Å²) in [7, 11) is -2.85. The molecule has 4 rings (SSSR count). The third-order valence-electron chi connectivity index (χ3n) is 6.72. The second-order valence-corrected chi connectivity index (χ2v) is 14.2. The number of aldehydes is 1. The molecule has 1 aliphatic heterocycles. The van der Waals surface area contributed by atoms with Crippen molar-refractivity contribution in [1.82, 2.24) is 4.90 Å². The maximum atomic E-state index is 12.9. The predicted octanol–water partition coefficient (Wildman–Crippen LogP) is 4.54. The zero-order chi connectivity index (χ0) is 24.9. The minimum Gasteiger partial charge on any atom is -0.445 e. The number of ether oxygens (including phenoxy) is 1. The van der Waals surface area contributed by atoms with Gasteiger partial charge in [0.2, 0.25) is 0 Å². The topological polar surface area (TPSA) is 55.8 Å². The Morgan fingerprint density at radius 2 is 1.43 bits per heavy atom. The van der Waals surface area contributed by atoms with E-state index in [0.29, 0.717) is 13.0 Å². The van der Waals surface area contributed by atoms with Crippen LogP contribution >= 0.6 is 0 Å². The number of hydrogen-bond donors (Lipinski definition) is 0. The fourth-order valence-electron chi connectivity index (χ4n) is 5.01. The van der Waals surface area contributed by atoms with Crippen molar-refractivity contribution in [2.45, 2.75) is 51.0 Å². The molecule has 6 heteroatoms. The molecule has 35 heavy (non-hydrogen) atoms. The molecule has 5 nitrogen and oxygen atoms in total. The minimum absolute atomic E-state index is 0.169. The van der Waals surface area contributed by atoms with Crippen LogP contribution in [0.1, 0.15) is 32.8 Å². The molecule has 3 aromatic carbocycles. The fraction of sp³-hybridized carbons (Fsp3) is 0.310. The molecule has 0 radical (unpaired) electrons. The van der Waals surface area contributed by atoms with E-state index >= 15 is 0 Å². The quantitative estimate of drug-likeness (QED) is 0.363. The first-order chi connectivity index (χ1) is 16.9. The highest BCUT2D eigenvalue weighted by atomic mass is 28.4. The number of nitrogens with zero attached hydrogens (tertiary/aromatic N) is 1. The van der Waals surface area contributed by atoms with Crippen molar-refractivity contribution in [3.05, 3.63) is 96.6 Å². The van der Waals surface area contributed by atoms with Gasteiger partial charge in [-0.05, 0) is 27.4 Å². The van der Waals surface area contributed by atoms with Crippen molar-refractivity contribution in [2.75, 3.05) is 6.54 Å². The van der Waals surface area contributed by atoms with E-state index in [-0.39, 0.29) is 11.6 Å². The first-order valence-corrected chi connectivity index (χ1v) is 14.0. The number of amides is 1. The van der Waals surface area contributed by atoms with Crippen molar-refractivity contribution in [2.24, 2.45) is 0 Å². The molecule has 1 fully saturated rings. The van der Waals surface area contributed by atoms with Crippen LogP contribution in [0.4, 0.5) is 4.79 Å². The molecule has 0 N–H and O–H groups in total. The molecule has 1 amide bonds. The van der Waals surface area contributed by atoms with Gasteiger partial charge < -0.3 is 14.0 Å². The lowest BCUT2D eigenvalue weighted by atomic mass is 10.2. The lowest BCUT2D eigenvalue weighted by Crippen LogP contribution is -2.68. The molecule has 1 saturated heterocycles. The first-order valence-electron chi connectivity index (χ1n) is 12.1. The normalized spacial score (nSPS) is 18.3. The molecule has 0 saturated carbocycles. The van der Waals surface area contributed by atoms with Gasteiger partial charge in [-0.3, -0.25) is 4.90 Å². The van der Waals surface area contributed by atoms with Crippen LogP contribution in [0.2, 0.25) is 5.04 Å².